The largest absolute Gasteiger partial charge is 0.378 e. The van der Waals surface area contributed by atoms with Crippen molar-refractivity contribution in [2.24, 2.45) is 0 Å². The highest BCUT2D eigenvalue weighted by molar-refractivity contribution is 8.04. The molecule has 2 amide bonds. The van der Waals surface area contributed by atoms with Gasteiger partial charge in [-0.2, -0.15) is 0 Å². The minimum Gasteiger partial charge on any atom is -0.378 e. The molecule has 1 aliphatic heterocycles. The van der Waals surface area contributed by atoms with Crippen molar-refractivity contribution in [3.63, 3.8) is 0 Å². The van der Waals surface area contributed by atoms with Crippen molar-refractivity contribution in [3.8, 4) is 0 Å². The number of hydrogen-bond acceptors (Lipinski definition) is 6. The molecular weight excluding hydrogens is 448 g/mol. The lowest BCUT2D eigenvalue weighted by molar-refractivity contribution is -0.138. The number of benzene rings is 2. The van der Waals surface area contributed by atoms with E-state index >= 15 is 0 Å². The number of amides is 2. The third-order valence-electron chi connectivity index (χ3n) is 5.44. The third kappa shape index (κ3) is 5.26. The van der Waals surface area contributed by atoms with E-state index in [-0.39, 0.29) is 23.7 Å². The van der Waals surface area contributed by atoms with Crippen LogP contribution in [0.5, 0.6) is 0 Å². The van der Waals surface area contributed by atoms with Gasteiger partial charge >= 0.3 is 0 Å². The van der Waals surface area contributed by atoms with Gasteiger partial charge in [-0.05, 0) is 41.5 Å². The Balaban J connectivity index is 1.61. The van der Waals surface area contributed by atoms with E-state index in [2.05, 4.69) is 10.4 Å². The lowest BCUT2D eigenvalue weighted by Crippen LogP contribution is -2.45. The molecule has 1 N–H and O–H groups in total. The molecule has 34 heavy (non-hydrogen) atoms. The number of anilines is 2. The van der Waals surface area contributed by atoms with Gasteiger partial charge < -0.3 is 14.4 Å². The second kappa shape index (κ2) is 10.0. The number of carbonyl (C=O) groups excluding carboxylic acids is 2. The molecule has 0 spiro atoms. The maximum Gasteiger partial charge on any atom is 0.280 e. The monoisotopic (exact) mass is 476 g/mol. The zero-order chi connectivity index (χ0) is 24.2. The fourth-order valence-corrected chi connectivity index (χ4v) is 4.73. The maximum absolute atomic E-state index is 13.4. The molecule has 2 heterocycles. The van der Waals surface area contributed by atoms with E-state index in [0.717, 1.165) is 22.5 Å². The SMILES string of the molecule is CN(C)c1ccc(/C=C2\SC(c3ccc(N(C)C)cc3)N(NC(=O)Cn3ccnc3)C2=O)cc1. The van der Waals surface area contributed by atoms with Gasteiger partial charge in [0, 0.05) is 52.0 Å². The molecule has 1 unspecified atom stereocenters. The molecular formula is C25H28N6O2S. The van der Waals surface area contributed by atoms with Gasteiger partial charge in [-0.15, -0.1) is 0 Å². The number of aromatic nitrogens is 2. The topological polar surface area (TPSA) is 73.7 Å². The predicted octanol–water partition coefficient (Wildman–Crippen LogP) is 3.36. The Morgan fingerprint density at radius 3 is 2.21 bits per heavy atom. The summed E-state index contributed by atoms with van der Waals surface area (Å²) in [7, 11) is 7.93. The number of nitrogens with zero attached hydrogens (tertiary/aromatic N) is 5. The van der Waals surface area contributed by atoms with Crippen molar-refractivity contribution < 1.29 is 9.59 Å². The average Bonchev–Trinajstić information content (AvgIpc) is 3.43. The normalized spacial score (nSPS) is 16.7. The van der Waals surface area contributed by atoms with Crippen LogP contribution in [-0.4, -0.2) is 54.6 Å². The quantitative estimate of drug-likeness (QED) is 0.527. The third-order valence-corrected chi connectivity index (χ3v) is 6.69. The van der Waals surface area contributed by atoms with Crippen LogP contribution in [0.2, 0.25) is 0 Å². The highest BCUT2D eigenvalue weighted by Crippen LogP contribution is 2.45. The molecule has 8 nitrogen and oxygen atoms in total. The van der Waals surface area contributed by atoms with Crippen LogP contribution in [0.15, 0.2) is 72.2 Å². The highest BCUT2D eigenvalue weighted by Gasteiger charge is 2.38. The molecule has 3 aromatic rings. The molecule has 0 aliphatic carbocycles. The van der Waals surface area contributed by atoms with E-state index < -0.39 is 0 Å². The molecule has 1 saturated heterocycles. The zero-order valence-corrected chi connectivity index (χ0v) is 20.5. The zero-order valence-electron chi connectivity index (χ0n) is 19.7. The number of imidazole rings is 1. The Bertz CT molecular complexity index is 1170. The minimum absolute atomic E-state index is 0.0752. The molecule has 2 aromatic carbocycles. The number of thioether (sulfide) groups is 1. The summed E-state index contributed by atoms with van der Waals surface area (Å²) < 4.78 is 1.66. The summed E-state index contributed by atoms with van der Waals surface area (Å²) in [6.45, 7) is 0.0752. The summed E-state index contributed by atoms with van der Waals surface area (Å²) in [6, 6.07) is 16.0. The van der Waals surface area contributed by atoms with Crippen LogP contribution in [0.25, 0.3) is 6.08 Å². The first kappa shape index (κ1) is 23.4. The predicted molar refractivity (Wildman–Crippen MR) is 137 cm³/mol. The Morgan fingerprint density at radius 2 is 1.65 bits per heavy atom. The lowest BCUT2D eigenvalue weighted by Gasteiger charge is -2.24. The number of hydrazine groups is 1. The van der Waals surface area contributed by atoms with Crippen LogP contribution in [0.4, 0.5) is 11.4 Å². The second-order valence-corrected chi connectivity index (χ2v) is 9.52. The Kier molecular flexibility index (Phi) is 6.93. The van der Waals surface area contributed by atoms with Crippen molar-refractivity contribution in [1.29, 1.82) is 0 Å². The van der Waals surface area contributed by atoms with Gasteiger partial charge in [-0.25, -0.2) is 9.99 Å². The maximum atomic E-state index is 13.4. The summed E-state index contributed by atoms with van der Waals surface area (Å²) in [5.74, 6) is -0.527. The Labute approximate surface area is 203 Å². The lowest BCUT2D eigenvalue weighted by atomic mass is 10.1. The highest BCUT2D eigenvalue weighted by atomic mass is 32.2. The summed E-state index contributed by atoms with van der Waals surface area (Å²) in [4.78, 5) is 34.7. The van der Waals surface area contributed by atoms with Crippen molar-refractivity contribution in [2.75, 3.05) is 38.0 Å². The minimum atomic E-state index is -0.372. The smallest absolute Gasteiger partial charge is 0.280 e. The summed E-state index contributed by atoms with van der Waals surface area (Å²) >= 11 is 1.43. The van der Waals surface area contributed by atoms with E-state index in [1.54, 1.807) is 23.3 Å². The van der Waals surface area contributed by atoms with Gasteiger partial charge in [0.15, 0.2) is 0 Å². The molecule has 1 aromatic heterocycles. The first-order valence-electron chi connectivity index (χ1n) is 10.8. The molecule has 9 heteroatoms. The van der Waals surface area contributed by atoms with Gasteiger partial charge in [0.1, 0.15) is 11.9 Å². The van der Waals surface area contributed by atoms with E-state index in [1.165, 1.54) is 16.8 Å². The number of rotatable bonds is 7. The van der Waals surface area contributed by atoms with Gasteiger partial charge in [0.2, 0.25) is 0 Å². The van der Waals surface area contributed by atoms with E-state index in [9.17, 15) is 9.59 Å². The van der Waals surface area contributed by atoms with Crippen molar-refractivity contribution >= 4 is 41.0 Å². The second-order valence-electron chi connectivity index (χ2n) is 8.40. The van der Waals surface area contributed by atoms with Gasteiger partial charge in [0.05, 0.1) is 11.2 Å². The van der Waals surface area contributed by atoms with Crippen LogP contribution in [-0.2, 0) is 16.1 Å². The summed E-state index contributed by atoms with van der Waals surface area (Å²) in [5.41, 5.74) is 6.81. The Hall–Kier alpha value is -3.72. The van der Waals surface area contributed by atoms with E-state index in [0.29, 0.717) is 4.91 Å². The van der Waals surface area contributed by atoms with Crippen LogP contribution >= 0.6 is 11.8 Å². The van der Waals surface area contributed by atoms with E-state index in [4.69, 9.17) is 0 Å². The van der Waals surface area contributed by atoms with Crippen molar-refractivity contribution in [3.05, 3.63) is 83.3 Å². The average molecular weight is 477 g/mol. The number of carbonyl (C=O) groups is 2. The Morgan fingerprint density at radius 1 is 1.03 bits per heavy atom. The first-order valence-corrected chi connectivity index (χ1v) is 11.7. The molecule has 1 fully saturated rings. The van der Waals surface area contributed by atoms with Crippen LogP contribution < -0.4 is 15.2 Å². The van der Waals surface area contributed by atoms with Crippen molar-refractivity contribution in [1.82, 2.24) is 20.0 Å². The van der Waals surface area contributed by atoms with Crippen LogP contribution in [0.1, 0.15) is 16.5 Å². The number of hydrogen-bond donors (Lipinski definition) is 1. The molecule has 0 saturated carbocycles. The van der Waals surface area contributed by atoms with Gasteiger partial charge in [-0.3, -0.25) is 15.0 Å². The summed E-state index contributed by atoms with van der Waals surface area (Å²) in [6.07, 6.45) is 6.76. The number of nitrogens with one attached hydrogen (secondary N) is 1. The van der Waals surface area contributed by atoms with E-state index in [1.807, 2.05) is 92.6 Å². The molecule has 1 aliphatic rings. The molecule has 4 rings (SSSR count). The van der Waals surface area contributed by atoms with Crippen LogP contribution in [0.3, 0.4) is 0 Å². The van der Waals surface area contributed by atoms with Crippen molar-refractivity contribution in [2.45, 2.75) is 11.9 Å². The first-order chi connectivity index (χ1) is 16.3. The van der Waals surface area contributed by atoms with Gasteiger partial charge in [-0.1, -0.05) is 36.0 Å². The molecule has 0 bridgehead atoms. The fraction of sp³-hybridized carbons (Fsp3) is 0.240. The van der Waals surface area contributed by atoms with Gasteiger partial charge in [0.25, 0.3) is 11.8 Å². The molecule has 1 atom stereocenters. The summed E-state index contributed by atoms with van der Waals surface area (Å²) in [5, 5.41) is 1.05. The standard InChI is InChI=1S/C25H28N6O2S/c1-28(2)20-9-5-18(6-10-20)15-22-24(33)31(27-23(32)16-30-14-13-26-17-30)25(34-22)19-7-11-21(12-8-19)29(3)4/h5-15,17,25H,16H2,1-4H3,(H,27,32)/b22-15-. The fourth-order valence-electron chi connectivity index (χ4n) is 3.54. The van der Waals surface area contributed by atoms with Crippen LogP contribution in [0, 0.1) is 0 Å². The molecule has 0 radical (unpaired) electrons. The molecule has 176 valence electrons.